The van der Waals surface area contributed by atoms with Gasteiger partial charge in [-0.25, -0.2) is 4.90 Å². The molecule has 0 saturated carbocycles. The summed E-state index contributed by atoms with van der Waals surface area (Å²) in [6.07, 6.45) is 0.881. The highest BCUT2D eigenvalue weighted by molar-refractivity contribution is 6.45. The highest BCUT2D eigenvalue weighted by atomic mass is 16.5. The minimum Gasteiger partial charge on any atom is -0.372 e. The van der Waals surface area contributed by atoms with Gasteiger partial charge in [-0.1, -0.05) is 48.9 Å². The predicted octanol–water partition coefficient (Wildman–Crippen LogP) is 3.95. The Morgan fingerprint density at radius 3 is 2.07 bits per heavy atom. The van der Waals surface area contributed by atoms with E-state index in [1.165, 1.54) is 10.5 Å². The second kappa shape index (κ2) is 8.07. The molecule has 2 aromatic rings. The number of ether oxygens (including phenoxy) is 1. The third-order valence-corrected chi connectivity index (χ3v) is 5.74. The molecule has 2 aliphatic heterocycles. The number of carbonyl (C=O) groups excluding carboxylic acids is 2. The number of amides is 2. The van der Waals surface area contributed by atoms with E-state index in [0.29, 0.717) is 30.0 Å². The molecular weight excluding hydrogens is 376 g/mol. The minimum absolute atomic E-state index is 0.0127. The van der Waals surface area contributed by atoms with Crippen molar-refractivity contribution in [3.05, 3.63) is 70.9 Å². The second-order valence-corrected chi connectivity index (χ2v) is 8.22. The zero-order valence-electron chi connectivity index (χ0n) is 18.0. The van der Waals surface area contributed by atoms with Gasteiger partial charge in [0.25, 0.3) is 11.8 Å². The summed E-state index contributed by atoms with van der Waals surface area (Å²) < 4.78 is 5.86. The van der Waals surface area contributed by atoms with E-state index in [4.69, 9.17) is 4.74 Å². The van der Waals surface area contributed by atoms with E-state index in [2.05, 4.69) is 6.92 Å². The summed E-state index contributed by atoms with van der Waals surface area (Å²) in [6.45, 7) is 9.24. The van der Waals surface area contributed by atoms with Gasteiger partial charge in [0.15, 0.2) is 0 Å². The monoisotopic (exact) mass is 404 g/mol. The Hall–Kier alpha value is -2.92. The lowest BCUT2D eigenvalue weighted by Gasteiger charge is -2.37. The first-order valence-corrected chi connectivity index (χ1v) is 10.6. The largest absolute Gasteiger partial charge is 0.372 e. The molecule has 2 unspecified atom stereocenters. The maximum absolute atomic E-state index is 13.6. The maximum Gasteiger partial charge on any atom is 0.282 e. The van der Waals surface area contributed by atoms with E-state index < -0.39 is 0 Å². The Labute approximate surface area is 177 Å². The van der Waals surface area contributed by atoms with E-state index in [-0.39, 0.29) is 24.0 Å². The average molecular weight is 405 g/mol. The Kier molecular flexibility index (Phi) is 5.48. The van der Waals surface area contributed by atoms with E-state index >= 15 is 0 Å². The minimum atomic E-state index is -0.269. The molecule has 5 nitrogen and oxygen atoms in total. The molecule has 156 valence electrons. The molecule has 2 aliphatic rings. The molecule has 1 saturated heterocycles. The van der Waals surface area contributed by atoms with Crippen molar-refractivity contribution in [1.82, 2.24) is 4.90 Å². The van der Waals surface area contributed by atoms with Crippen LogP contribution in [0.5, 0.6) is 0 Å². The smallest absolute Gasteiger partial charge is 0.282 e. The van der Waals surface area contributed by atoms with Gasteiger partial charge in [0.05, 0.1) is 23.5 Å². The molecule has 0 spiro atoms. The highest BCUT2D eigenvalue weighted by Gasteiger charge is 2.43. The first kappa shape index (κ1) is 20.4. The summed E-state index contributed by atoms with van der Waals surface area (Å²) in [5.41, 5.74) is 4.61. The molecule has 2 aromatic carbocycles. The fourth-order valence-corrected chi connectivity index (χ4v) is 4.27. The molecule has 0 aromatic heterocycles. The zero-order valence-corrected chi connectivity index (χ0v) is 18.0. The van der Waals surface area contributed by atoms with Crippen LogP contribution in [0.1, 0.15) is 37.5 Å². The van der Waals surface area contributed by atoms with Gasteiger partial charge in [-0.15, -0.1) is 0 Å². The lowest BCUT2D eigenvalue weighted by atomic mass is 10.0. The number of carbonyl (C=O) groups is 2. The number of nitrogens with zero attached hydrogens (tertiary/aromatic N) is 2. The number of anilines is 1. The van der Waals surface area contributed by atoms with Crippen molar-refractivity contribution in [3.63, 3.8) is 0 Å². The number of morpholine rings is 1. The summed E-state index contributed by atoms with van der Waals surface area (Å²) in [7, 11) is 0. The first-order valence-electron chi connectivity index (χ1n) is 10.6. The van der Waals surface area contributed by atoms with Gasteiger partial charge in [-0.2, -0.15) is 0 Å². The average Bonchev–Trinajstić information content (AvgIpc) is 2.98. The quantitative estimate of drug-likeness (QED) is 0.724. The van der Waals surface area contributed by atoms with Crippen LogP contribution in [0.25, 0.3) is 5.57 Å². The Morgan fingerprint density at radius 2 is 1.50 bits per heavy atom. The van der Waals surface area contributed by atoms with Gasteiger partial charge in [0, 0.05) is 13.1 Å². The molecule has 2 atom stereocenters. The molecule has 2 amide bonds. The molecule has 1 fully saturated rings. The van der Waals surface area contributed by atoms with Crippen LogP contribution in [0.2, 0.25) is 0 Å². The Balaban J connectivity index is 1.80. The lowest BCUT2D eigenvalue weighted by molar-refractivity contribution is -0.121. The number of hydrogen-bond donors (Lipinski definition) is 0. The van der Waals surface area contributed by atoms with Gasteiger partial charge >= 0.3 is 0 Å². The summed E-state index contributed by atoms with van der Waals surface area (Å²) in [4.78, 5) is 30.5. The summed E-state index contributed by atoms with van der Waals surface area (Å²) in [5.74, 6) is -0.531. The topological polar surface area (TPSA) is 49.9 Å². The van der Waals surface area contributed by atoms with Crippen molar-refractivity contribution < 1.29 is 14.3 Å². The van der Waals surface area contributed by atoms with Crippen LogP contribution in [0.3, 0.4) is 0 Å². The van der Waals surface area contributed by atoms with E-state index in [0.717, 1.165) is 17.5 Å². The Bertz CT molecular complexity index is 982. The number of rotatable bonds is 4. The van der Waals surface area contributed by atoms with Crippen molar-refractivity contribution >= 4 is 23.1 Å². The van der Waals surface area contributed by atoms with Gasteiger partial charge in [0.1, 0.15) is 5.70 Å². The summed E-state index contributed by atoms with van der Waals surface area (Å²) >= 11 is 0. The summed E-state index contributed by atoms with van der Waals surface area (Å²) in [5, 5.41) is 0. The molecule has 0 radical (unpaired) electrons. The van der Waals surface area contributed by atoms with Crippen molar-refractivity contribution in [3.8, 4) is 0 Å². The maximum atomic E-state index is 13.6. The van der Waals surface area contributed by atoms with Crippen molar-refractivity contribution in [2.75, 3.05) is 18.0 Å². The highest BCUT2D eigenvalue weighted by Crippen LogP contribution is 2.36. The molecule has 0 N–H and O–H groups in total. The van der Waals surface area contributed by atoms with Crippen molar-refractivity contribution in [2.45, 2.75) is 46.3 Å². The van der Waals surface area contributed by atoms with Crippen molar-refractivity contribution in [1.29, 1.82) is 0 Å². The molecule has 0 bridgehead atoms. The van der Waals surface area contributed by atoms with Crippen LogP contribution in [0, 0.1) is 6.92 Å². The number of imide groups is 1. The molecule has 30 heavy (non-hydrogen) atoms. The van der Waals surface area contributed by atoms with Crippen LogP contribution >= 0.6 is 0 Å². The van der Waals surface area contributed by atoms with E-state index in [1.807, 2.05) is 74.2 Å². The standard InChI is InChI=1S/C25H28N2O3/c1-5-19-8-12-21(13-9-19)27-24(28)22(20-10-6-16(2)7-11-20)23(25(27)29)26-14-17(3)30-18(4)15-26/h6-13,17-18H,5,14-15H2,1-4H3. The van der Waals surface area contributed by atoms with E-state index in [9.17, 15) is 9.59 Å². The van der Waals surface area contributed by atoms with Gasteiger partial charge < -0.3 is 9.64 Å². The second-order valence-electron chi connectivity index (χ2n) is 8.22. The third-order valence-electron chi connectivity index (χ3n) is 5.74. The molecular formula is C25H28N2O3. The third kappa shape index (κ3) is 3.65. The molecule has 2 heterocycles. The zero-order chi connectivity index (χ0) is 21.4. The van der Waals surface area contributed by atoms with Crippen LogP contribution in [0.4, 0.5) is 5.69 Å². The predicted molar refractivity (Wildman–Crippen MR) is 118 cm³/mol. The van der Waals surface area contributed by atoms with Gasteiger partial charge in [-0.3, -0.25) is 9.59 Å². The normalized spacial score (nSPS) is 22.3. The van der Waals surface area contributed by atoms with Crippen LogP contribution in [-0.2, 0) is 20.7 Å². The van der Waals surface area contributed by atoms with Crippen LogP contribution < -0.4 is 4.90 Å². The fourth-order valence-electron chi connectivity index (χ4n) is 4.27. The lowest BCUT2D eigenvalue weighted by Crippen LogP contribution is -2.47. The SMILES string of the molecule is CCc1ccc(N2C(=O)C(c3ccc(C)cc3)=C(N3CC(C)OC(C)C3)C2=O)cc1. The number of hydrogen-bond acceptors (Lipinski definition) is 4. The summed E-state index contributed by atoms with van der Waals surface area (Å²) in [6, 6.07) is 15.4. The molecule has 0 aliphatic carbocycles. The fraction of sp³-hybridized carbons (Fsp3) is 0.360. The number of aryl methyl sites for hydroxylation is 2. The molecule has 5 heteroatoms. The number of benzene rings is 2. The van der Waals surface area contributed by atoms with E-state index in [1.54, 1.807) is 0 Å². The van der Waals surface area contributed by atoms with Crippen molar-refractivity contribution in [2.24, 2.45) is 0 Å². The van der Waals surface area contributed by atoms with Gasteiger partial charge in [-0.05, 0) is 50.5 Å². The van der Waals surface area contributed by atoms with Crippen LogP contribution in [0.15, 0.2) is 54.2 Å². The Morgan fingerprint density at radius 1 is 0.900 bits per heavy atom. The van der Waals surface area contributed by atoms with Gasteiger partial charge in [0.2, 0.25) is 0 Å². The first-order chi connectivity index (χ1) is 14.4. The van der Waals surface area contributed by atoms with Crippen LogP contribution in [-0.4, -0.2) is 42.0 Å². The molecule has 4 rings (SSSR count).